The van der Waals surface area contributed by atoms with Crippen LogP contribution in [0, 0.1) is 5.82 Å². The van der Waals surface area contributed by atoms with Crippen molar-refractivity contribution in [2.75, 3.05) is 24.5 Å². The predicted molar refractivity (Wildman–Crippen MR) is 128 cm³/mol. The van der Waals surface area contributed by atoms with Gasteiger partial charge in [-0.15, -0.1) is 10.2 Å². The summed E-state index contributed by atoms with van der Waals surface area (Å²) in [6.07, 6.45) is 0.279. The standard InChI is InChI=1S/C27H25FN4O/c1-19-18-31(25(33)17-20-11-13-22(28)14-12-20)15-16-32(19)27-24-10-6-5-9-23(24)26(29-30-27)21-7-3-2-4-8-21/h2-14,19H,15-18H2,1H3/t19-/m0/s1. The number of anilines is 1. The molecule has 166 valence electrons. The van der Waals surface area contributed by atoms with E-state index in [9.17, 15) is 9.18 Å². The highest BCUT2D eigenvalue weighted by atomic mass is 19.1. The first-order valence-corrected chi connectivity index (χ1v) is 11.2. The number of amides is 1. The van der Waals surface area contributed by atoms with Crippen LogP contribution in [0.4, 0.5) is 10.2 Å². The van der Waals surface area contributed by atoms with E-state index < -0.39 is 0 Å². The summed E-state index contributed by atoms with van der Waals surface area (Å²) in [5.41, 5.74) is 2.73. The second-order valence-corrected chi connectivity index (χ2v) is 8.47. The number of hydrogen-bond acceptors (Lipinski definition) is 4. The van der Waals surface area contributed by atoms with Gasteiger partial charge in [0.1, 0.15) is 11.5 Å². The molecule has 3 aromatic carbocycles. The highest BCUT2D eigenvalue weighted by molar-refractivity contribution is 6.00. The Bertz CT molecular complexity index is 1280. The van der Waals surface area contributed by atoms with Gasteiger partial charge in [0.2, 0.25) is 5.91 Å². The quantitative estimate of drug-likeness (QED) is 0.461. The number of halogens is 1. The summed E-state index contributed by atoms with van der Waals surface area (Å²) in [5, 5.41) is 11.4. The van der Waals surface area contributed by atoms with Gasteiger partial charge >= 0.3 is 0 Å². The van der Waals surface area contributed by atoms with Crippen LogP contribution < -0.4 is 4.90 Å². The highest BCUT2D eigenvalue weighted by Gasteiger charge is 2.29. The van der Waals surface area contributed by atoms with Gasteiger partial charge in [0.25, 0.3) is 0 Å². The van der Waals surface area contributed by atoms with Crippen LogP contribution in [0.25, 0.3) is 22.0 Å². The van der Waals surface area contributed by atoms with Gasteiger partial charge in [0.05, 0.1) is 6.42 Å². The molecule has 1 saturated heterocycles. The molecule has 1 aliphatic rings. The fourth-order valence-corrected chi connectivity index (χ4v) is 4.50. The van der Waals surface area contributed by atoms with Crippen molar-refractivity contribution in [2.45, 2.75) is 19.4 Å². The van der Waals surface area contributed by atoms with E-state index >= 15 is 0 Å². The van der Waals surface area contributed by atoms with Crippen molar-refractivity contribution in [1.29, 1.82) is 0 Å². The van der Waals surface area contributed by atoms with Crippen LogP contribution in [0.5, 0.6) is 0 Å². The maximum absolute atomic E-state index is 13.2. The number of nitrogens with zero attached hydrogens (tertiary/aromatic N) is 4. The Balaban J connectivity index is 1.37. The molecule has 4 aromatic rings. The third-order valence-electron chi connectivity index (χ3n) is 6.24. The summed E-state index contributed by atoms with van der Waals surface area (Å²) in [7, 11) is 0. The maximum atomic E-state index is 13.2. The van der Waals surface area contributed by atoms with E-state index in [0.717, 1.165) is 33.4 Å². The summed E-state index contributed by atoms with van der Waals surface area (Å²) in [6.45, 7) is 4.01. The smallest absolute Gasteiger partial charge is 0.227 e. The van der Waals surface area contributed by atoms with Crippen molar-refractivity contribution in [3.05, 3.63) is 90.2 Å². The number of fused-ring (bicyclic) bond motifs is 1. The molecule has 0 spiro atoms. The van der Waals surface area contributed by atoms with E-state index in [1.807, 2.05) is 47.4 Å². The molecular weight excluding hydrogens is 415 g/mol. The monoisotopic (exact) mass is 440 g/mol. The predicted octanol–water partition coefficient (Wildman–Crippen LogP) is 4.72. The van der Waals surface area contributed by atoms with Crippen molar-refractivity contribution in [3.63, 3.8) is 0 Å². The van der Waals surface area contributed by atoms with Crippen molar-refractivity contribution < 1.29 is 9.18 Å². The molecule has 5 rings (SSSR count). The second kappa shape index (κ2) is 8.98. The molecule has 0 saturated carbocycles. The minimum atomic E-state index is -0.292. The summed E-state index contributed by atoms with van der Waals surface area (Å²) >= 11 is 0. The van der Waals surface area contributed by atoms with Crippen LogP contribution >= 0.6 is 0 Å². The lowest BCUT2D eigenvalue weighted by molar-refractivity contribution is -0.131. The van der Waals surface area contributed by atoms with E-state index in [1.165, 1.54) is 12.1 Å². The van der Waals surface area contributed by atoms with Crippen LogP contribution in [0.15, 0.2) is 78.9 Å². The summed E-state index contributed by atoms with van der Waals surface area (Å²) in [5.74, 6) is 0.618. The van der Waals surface area contributed by atoms with E-state index in [1.54, 1.807) is 12.1 Å². The molecule has 0 bridgehead atoms. The number of hydrogen-bond donors (Lipinski definition) is 0. The van der Waals surface area contributed by atoms with Gasteiger partial charge in [0, 0.05) is 42.0 Å². The SMILES string of the molecule is C[C@H]1CN(C(=O)Cc2ccc(F)cc2)CCN1c1nnc(-c2ccccc2)c2ccccc12. The van der Waals surface area contributed by atoms with Crippen LogP contribution in [0.2, 0.25) is 0 Å². The third-order valence-corrected chi connectivity index (χ3v) is 6.24. The molecule has 1 atom stereocenters. The van der Waals surface area contributed by atoms with Gasteiger partial charge in [-0.25, -0.2) is 4.39 Å². The molecule has 1 fully saturated rings. The van der Waals surface area contributed by atoms with E-state index in [-0.39, 0.29) is 24.2 Å². The number of carbonyl (C=O) groups is 1. The number of carbonyl (C=O) groups excluding carboxylic acids is 1. The summed E-state index contributed by atoms with van der Waals surface area (Å²) < 4.78 is 13.2. The van der Waals surface area contributed by atoms with Gasteiger partial charge < -0.3 is 9.80 Å². The van der Waals surface area contributed by atoms with Gasteiger partial charge in [-0.05, 0) is 24.6 Å². The third kappa shape index (κ3) is 4.29. The Labute approximate surface area is 192 Å². The van der Waals surface area contributed by atoms with E-state index in [4.69, 9.17) is 0 Å². The van der Waals surface area contributed by atoms with E-state index in [2.05, 4.69) is 34.2 Å². The molecule has 0 unspecified atom stereocenters. The molecule has 5 nitrogen and oxygen atoms in total. The van der Waals surface area contributed by atoms with Crippen molar-refractivity contribution in [1.82, 2.24) is 15.1 Å². The van der Waals surface area contributed by atoms with Crippen molar-refractivity contribution in [2.24, 2.45) is 0 Å². The number of piperazine rings is 1. The molecule has 0 radical (unpaired) electrons. The zero-order chi connectivity index (χ0) is 22.8. The van der Waals surface area contributed by atoms with Crippen LogP contribution in [0.1, 0.15) is 12.5 Å². The molecule has 2 heterocycles. The second-order valence-electron chi connectivity index (χ2n) is 8.47. The lowest BCUT2D eigenvalue weighted by Gasteiger charge is -2.40. The first-order chi connectivity index (χ1) is 16.1. The Hall–Kier alpha value is -3.80. The fraction of sp³-hybridized carbons (Fsp3) is 0.222. The molecule has 1 amide bonds. The van der Waals surface area contributed by atoms with Crippen LogP contribution in [0.3, 0.4) is 0 Å². The van der Waals surface area contributed by atoms with E-state index in [0.29, 0.717) is 19.6 Å². The minimum absolute atomic E-state index is 0.0588. The Kier molecular flexibility index (Phi) is 5.73. The van der Waals surface area contributed by atoms with Crippen LogP contribution in [-0.4, -0.2) is 46.7 Å². The largest absolute Gasteiger partial charge is 0.348 e. The average Bonchev–Trinajstić information content (AvgIpc) is 2.85. The Morgan fingerprint density at radius 1 is 0.909 bits per heavy atom. The molecule has 1 aliphatic heterocycles. The molecule has 0 aliphatic carbocycles. The van der Waals surface area contributed by atoms with Gasteiger partial charge in [-0.3, -0.25) is 4.79 Å². The summed E-state index contributed by atoms with van der Waals surface area (Å²) in [4.78, 5) is 17.0. The molecule has 1 aromatic heterocycles. The summed E-state index contributed by atoms with van der Waals surface area (Å²) in [6, 6.07) is 24.5. The fourth-order valence-electron chi connectivity index (χ4n) is 4.50. The van der Waals surface area contributed by atoms with Crippen LogP contribution in [-0.2, 0) is 11.2 Å². The van der Waals surface area contributed by atoms with Crippen molar-refractivity contribution >= 4 is 22.5 Å². The number of rotatable bonds is 4. The van der Waals surface area contributed by atoms with Gasteiger partial charge in [-0.1, -0.05) is 66.7 Å². The first-order valence-electron chi connectivity index (χ1n) is 11.2. The Morgan fingerprint density at radius 2 is 1.61 bits per heavy atom. The minimum Gasteiger partial charge on any atom is -0.348 e. The van der Waals surface area contributed by atoms with Gasteiger partial charge in [-0.2, -0.15) is 0 Å². The van der Waals surface area contributed by atoms with Crippen molar-refractivity contribution in [3.8, 4) is 11.3 Å². The van der Waals surface area contributed by atoms with Gasteiger partial charge in [0.15, 0.2) is 5.82 Å². The maximum Gasteiger partial charge on any atom is 0.227 e. The number of aromatic nitrogens is 2. The Morgan fingerprint density at radius 3 is 2.33 bits per heavy atom. The topological polar surface area (TPSA) is 49.3 Å². The molecular formula is C27H25FN4O. The lowest BCUT2D eigenvalue weighted by Crippen LogP contribution is -2.54. The zero-order valence-electron chi connectivity index (χ0n) is 18.5. The zero-order valence-corrected chi connectivity index (χ0v) is 18.5. The molecule has 33 heavy (non-hydrogen) atoms. The highest BCUT2D eigenvalue weighted by Crippen LogP contribution is 2.32. The molecule has 6 heteroatoms. The lowest BCUT2D eigenvalue weighted by atomic mass is 10.0. The molecule has 0 N–H and O–H groups in total. The normalized spacial score (nSPS) is 16.2. The number of benzene rings is 3. The first kappa shape index (κ1) is 21.1. The average molecular weight is 441 g/mol.